The van der Waals surface area contributed by atoms with Crippen molar-refractivity contribution in [3.05, 3.63) is 39.1 Å². The molecule has 2 aliphatic heterocycles. The smallest absolute Gasteiger partial charge is 0.430 e. The van der Waals surface area contributed by atoms with Crippen LogP contribution in [0.5, 0.6) is 5.75 Å². The molecule has 1 saturated heterocycles. The van der Waals surface area contributed by atoms with Crippen LogP contribution in [0.25, 0.3) is 6.08 Å². The molecule has 0 spiro atoms. The maximum atomic E-state index is 13.7. The van der Waals surface area contributed by atoms with Gasteiger partial charge in [-0.2, -0.15) is 13.2 Å². The fourth-order valence-electron chi connectivity index (χ4n) is 3.72. The first-order chi connectivity index (χ1) is 15.8. The number of fused-ring (bicyclic) bond motifs is 1. The Hall–Kier alpha value is -2.73. The van der Waals surface area contributed by atoms with Crippen molar-refractivity contribution in [3.63, 3.8) is 0 Å². The molecule has 0 radical (unpaired) electrons. The largest absolute Gasteiger partial charge is 0.569 e. The number of nitrogens with zero attached hydrogens (tertiary/aromatic N) is 3. The molecule has 2 aliphatic rings. The maximum absolute atomic E-state index is 13.7. The van der Waals surface area contributed by atoms with Crippen molar-refractivity contribution in [2.75, 3.05) is 19.9 Å². The molecule has 2 atom stereocenters. The summed E-state index contributed by atoms with van der Waals surface area (Å²) in [7, 11) is 0. The van der Waals surface area contributed by atoms with Crippen LogP contribution in [0, 0.1) is 5.21 Å². The zero-order chi connectivity index (χ0) is 25.3. The van der Waals surface area contributed by atoms with Crippen molar-refractivity contribution in [1.82, 2.24) is 5.01 Å². The van der Waals surface area contributed by atoms with Crippen LogP contribution in [0.3, 0.4) is 0 Å². The summed E-state index contributed by atoms with van der Waals surface area (Å²) in [6.45, 7) is 4.74. The lowest BCUT2D eigenvalue weighted by atomic mass is 9.85. The zero-order valence-electron chi connectivity index (χ0n) is 18.8. The van der Waals surface area contributed by atoms with Gasteiger partial charge in [0.25, 0.3) is 6.79 Å². The van der Waals surface area contributed by atoms with Gasteiger partial charge in [-0.1, -0.05) is 32.4 Å². The van der Waals surface area contributed by atoms with Crippen LogP contribution in [0.15, 0.2) is 23.0 Å². The average molecular weight is 508 g/mol. The molecule has 0 aliphatic carbocycles. The fraction of sp³-hybridized carbons (Fsp3) is 0.571. The standard InChI is InChI=1S/C21H25ClF3N3O6/c1-20(2,3)15-9-17-12(8-16(15)22)7-14(18(34-17)21(23,24)25)19(30)32-11-33-26-28(31)27-6-4-5-13(27)10-29/h7-9,13,18,29H,4-6,10-11H2,1-3H3/b28-26-/t13-,18-/m0/s1. The van der Waals surface area contributed by atoms with E-state index in [0.717, 1.165) is 6.08 Å². The number of aliphatic hydroxyl groups excluding tert-OH is 1. The maximum Gasteiger partial charge on any atom is 0.430 e. The van der Waals surface area contributed by atoms with Crippen LogP contribution >= 0.6 is 11.6 Å². The van der Waals surface area contributed by atoms with Crippen LogP contribution in [-0.4, -0.2) is 59.3 Å². The summed E-state index contributed by atoms with van der Waals surface area (Å²) in [4.78, 5) is 17.1. The van der Waals surface area contributed by atoms with Gasteiger partial charge in [-0.15, -0.1) is 5.01 Å². The minimum Gasteiger partial charge on any atom is -0.569 e. The van der Waals surface area contributed by atoms with Gasteiger partial charge in [0.05, 0.1) is 23.7 Å². The van der Waals surface area contributed by atoms with Gasteiger partial charge < -0.3 is 24.6 Å². The van der Waals surface area contributed by atoms with Crippen LogP contribution in [-0.2, 0) is 19.8 Å². The van der Waals surface area contributed by atoms with Crippen molar-refractivity contribution >= 4 is 23.6 Å². The Labute approximate surface area is 198 Å². The Morgan fingerprint density at radius 3 is 2.71 bits per heavy atom. The molecule has 0 saturated carbocycles. The van der Waals surface area contributed by atoms with E-state index in [0.29, 0.717) is 30.0 Å². The molecule has 0 unspecified atom stereocenters. The predicted octanol–water partition coefficient (Wildman–Crippen LogP) is 4.11. The third-order valence-electron chi connectivity index (χ3n) is 5.43. The average Bonchev–Trinajstić information content (AvgIpc) is 3.22. The summed E-state index contributed by atoms with van der Waals surface area (Å²) in [5.74, 6) is -1.42. The van der Waals surface area contributed by atoms with Crippen molar-refractivity contribution < 1.29 is 42.4 Å². The Morgan fingerprint density at radius 2 is 2.09 bits per heavy atom. The number of hydrogen-bond donors (Lipinski definition) is 1. The molecule has 3 rings (SSSR count). The van der Waals surface area contributed by atoms with Crippen molar-refractivity contribution in [2.45, 2.75) is 57.3 Å². The molecular weight excluding hydrogens is 483 g/mol. The number of carbonyl (C=O) groups excluding carboxylic acids is 1. The van der Waals surface area contributed by atoms with E-state index in [9.17, 15) is 28.3 Å². The second kappa shape index (κ2) is 9.87. The molecular formula is C21H25ClF3N3O6. The predicted molar refractivity (Wildman–Crippen MR) is 114 cm³/mol. The molecule has 2 heterocycles. The number of hydrazine groups is 1. The van der Waals surface area contributed by atoms with Gasteiger partial charge in [-0.3, -0.25) is 0 Å². The second-order valence-electron chi connectivity index (χ2n) is 8.91. The van der Waals surface area contributed by atoms with Crippen LogP contribution in [0.4, 0.5) is 13.2 Å². The van der Waals surface area contributed by atoms with E-state index in [1.165, 1.54) is 17.1 Å². The number of aliphatic hydroxyl groups is 1. The van der Waals surface area contributed by atoms with Gasteiger partial charge >= 0.3 is 12.1 Å². The normalized spacial score (nSPS) is 21.0. The molecule has 13 heteroatoms. The van der Waals surface area contributed by atoms with Gasteiger partial charge in [0.2, 0.25) is 11.4 Å². The molecule has 0 amide bonds. The highest BCUT2D eigenvalue weighted by Crippen LogP contribution is 2.42. The van der Waals surface area contributed by atoms with Crippen molar-refractivity contribution in [3.8, 4) is 5.75 Å². The highest BCUT2D eigenvalue weighted by atomic mass is 35.5. The summed E-state index contributed by atoms with van der Waals surface area (Å²) >= 11 is 6.30. The van der Waals surface area contributed by atoms with Gasteiger partial charge in [0.15, 0.2) is 0 Å². The zero-order valence-corrected chi connectivity index (χ0v) is 19.5. The van der Waals surface area contributed by atoms with E-state index in [1.54, 1.807) is 0 Å². The van der Waals surface area contributed by atoms with E-state index in [-0.39, 0.29) is 22.9 Å². The lowest BCUT2D eigenvalue weighted by Gasteiger charge is -2.30. The van der Waals surface area contributed by atoms with E-state index in [1.807, 2.05) is 20.8 Å². The molecule has 0 aromatic heterocycles. The third-order valence-corrected chi connectivity index (χ3v) is 5.74. The lowest BCUT2D eigenvalue weighted by Crippen LogP contribution is -2.41. The van der Waals surface area contributed by atoms with E-state index in [4.69, 9.17) is 21.1 Å². The lowest BCUT2D eigenvalue weighted by molar-refractivity contribution is -0.715. The monoisotopic (exact) mass is 507 g/mol. The number of alkyl halides is 3. The highest BCUT2D eigenvalue weighted by Gasteiger charge is 2.49. The SMILES string of the molecule is CC(C)(C)c1cc2c(cc1Cl)C=C(C(=O)OCO/N=[N+](\[O-])N1CCC[C@H]1CO)[C@@H](C(F)(F)F)O2. The summed E-state index contributed by atoms with van der Waals surface area (Å²) in [5.41, 5.74) is -0.478. The van der Waals surface area contributed by atoms with Gasteiger partial charge in [0, 0.05) is 10.6 Å². The second-order valence-corrected chi connectivity index (χ2v) is 9.32. The molecule has 1 aromatic carbocycles. The Bertz CT molecular complexity index is 993. The first kappa shape index (κ1) is 25.9. The van der Waals surface area contributed by atoms with Crippen molar-refractivity contribution in [2.24, 2.45) is 5.28 Å². The Kier molecular flexibility index (Phi) is 7.51. The van der Waals surface area contributed by atoms with Gasteiger partial charge in [0.1, 0.15) is 11.8 Å². The molecule has 1 N–H and O–H groups in total. The van der Waals surface area contributed by atoms with Gasteiger partial charge in [-0.25, -0.2) is 4.79 Å². The highest BCUT2D eigenvalue weighted by molar-refractivity contribution is 6.31. The number of halogens is 4. The number of ether oxygens (including phenoxy) is 2. The minimum absolute atomic E-state index is 0.0644. The van der Waals surface area contributed by atoms with E-state index < -0.39 is 42.1 Å². The third kappa shape index (κ3) is 5.66. The number of hydrogen-bond acceptors (Lipinski definition) is 7. The van der Waals surface area contributed by atoms with Crippen LogP contribution < -0.4 is 4.74 Å². The first-order valence-corrected chi connectivity index (χ1v) is 10.8. The number of esters is 1. The molecule has 9 nitrogen and oxygen atoms in total. The molecule has 34 heavy (non-hydrogen) atoms. The van der Waals surface area contributed by atoms with E-state index in [2.05, 4.69) is 10.1 Å². The summed E-state index contributed by atoms with van der Waals surface area (Å²) in [6.07, 6.45) is -5.20. The minimum atomic E-state index is -4.91. The van der Waals surface area contributed by atoms with Crippen LogP contribution in [0.2, 0.25) is 5.02 Å². The summed E-state index contributed by atoms with van der Waals surface area (Å²) in [6, 6.07) is 2.43. The molecule has 1 fully saturated rings. The Balaban J connectivity index is 1.75. The van der Waals surface area contributed by atoms with Crippen LogP contribution in [0.1, 0.15) is 44.7 Å². The topological polar surface area (TPSA) is 107 Å². The molecule has 1 aromatic rings. The Morgan fingerprint density at radius 1 is 1.38 bits per heavy atom. The van der Waals surface area contributed by atoms with E-state index >= 15 is 0 Å². The number of rotatable bonds is 6. The molecule has 188 valence electrons. The number of benzene rings is 1. The summed E-state index contributed by atoms with van der Waals surface area (Å²) < 4.78 is 50.9. The number of carbonyl (C=O) groups is 1. The van der Waals surface area contributed by atoms with Gasteiger partial charge in [-0.05, 0) is 42.0 Å². The molecule has 0 bridgehead atoms. The fourth-order valence-corrected chi connectivity index (χ4v) is 4.17. The summed E-state index contributed by atoms with van der Waals surface area (Å²) in [5, 5.41) is 25.9. The van der Waals surface area contributed by atoms with Crippen molar-refractivity contribution in [1.29, 1.82) is 0 Å². The quantitative estimate of drug-likeness (QED) is 0.154. The first-order valence-electron chi connectivity index (χ1n) is 10.5.